The first-order valence-corrected chi connectivity index (χ1v) is 14.1. The summed E-state index contributed by atoms with van der Waals surface area (Å²) in [5.74, 6) is 0.159. The van der Waals surface area contributed by atoms with Gasteiger partial charge in [0.2, 0.25) is 0 Å². The number of unbranched alkanes of at least 4 members (excludes halogenated alkanes) is 13. The number of aldehydes is 1. The van der Waals surface area contributed by atoms with Crippen molar-refractivity contribution in [1.82, 2.24) is 4.90 Å². The van der Waals surface area contributed by atoms with E-state index in [0.717, 1.165) is 77.3 Å². The van der Waals surface area contributed by atoms with Crippen LogP contribution in [0.5, 0.6) is 0 Å². The molecular formula is C28H55NO4. The molecule has 0 spiro atoms. The van der Waals surface area contributed by atoms with Crippen LogP contribution in [0.2, 0.25) is 0 Å². The molecule has 0 radical (unpaired) electrons. The lowest BCUT2D eigenvalue weighted by Crippen LogP contribution is -2.29. The summed E-state index contributed by atoms with van der Waals surface area (Å²) in [5.41, 5.74) is 0. The lowest BCUT2D eigenvalue weighted by Gasteiger charge is -2.21. The highest BCUT2D eigenvalue weighted by Gasteiger charge is 2.06. The van der Waals surface area contributed by atoms with Gasteiger partial charge in [0.15, 0.2) is 0 Å². The Bertz CT molecular complexity index is 430. The molecule has 0 aliphatic heterocycles. The van der Waals surface area contributed by atoms with Gasteiger partial charge in [-0.2, -0.15) is 0 Å². The molecule has 0 aromatic carbocycles. The van der Waals surface area contributed by atoms with Crippen molar-refractivity contribution in [3.8, 4) is 0 Å². The van der Waals surface area contributed by atoms with E-state index in [4.69, 9.17) is 4.74 Å². The van der Waals surface area contributed by atoms with Gasteiger partial charge in [0.25, 0.3) is 0 Å². The first kappa shape index (κ1) is 32.1. The van der Waals surface area contributed by atoms with Gasteiger partial charge < -0.3 is 19.5 Å². The van der Waals surface area contributed by atoms with Crippen LogP contribution in [0.1, 0.15) is 129 Å². The molecular weight excluding hydrogens is 414 g/mol. The molecule has 0 aliphatic carbocycles. The maximum atomic E-state index is 11.8. The summed E-state index contributed by atoms with van der Waals surface area (Å²) in [5, 5.41) is 9.31. The van der Waals surface area contributed by atoms with Gasteiger partial charge in [-0.05, 0) is 45.2 Å². The number of esters is 1. The molecule has 0 aromatic rings. The van der Waals surface area contributed by atoms with E-state index >= 15 is 0 Å². The molecule has 0 rings (SSSR count). The van der Waals surface area contributed by atoms with Gasteiger partial charge in [-0.3, -0.25) is 4.79 Å². The van der Waals surface area contributed by atoms with Gasteiger partial charge in [-0.15, -0.1) is 0 Å². The second-order valence-electron chi connectivity index (χ2n) is 9.74. The zero-order valence-corrected chi connectivity index (χ0v) is 22.0. The molecule has 1 unspecified atom stereocenters. The van der Waals surface area contributed by atoms with Gasteiger partial charge in [0, 0.05) is 18.9 Å². The number of aliphatic hydroxyl groups excluding tert-OH is 1. The maximum Gasteiger partial charge on any atom is 0.305 e. The van der Waals surface area contributed by atoms with Crippen LogP contribution in [0.15, 0.2) is 0 Å². The lowest BCUT2D eigenvalue weighted by atomic mass is 10.0. The second kappa shape index (κ2) is 25.7. The van der Waals surface area contributed by atoms with Gasteiger partial charge in [-0.25, -0.2) is 0 Å². The van der Waals surface area contributed by atoms with Crippen LogP contribution in [0.4, 0.5) is 0 Å². The van der Waals surface area contributed by atoms with Crippen molar-refractivity contribution >= 4 is 12.3 Å². The van der Waals surface area contributed by atoms with Crippen LogP contribution in [0.3, 0.4) is 0 Å². The molecule has 196 valence electrons. The third kappa shape index (κ3) is 24.0. The Morgan fingerprint density at radius 3 is 1.94 bits per heavy atom. The molecule has 0 aromatic heterocycles. The van der Waals surface area contributed by atoms with E-state index < -0.39 is 0 Å². The Morgan fingerprint density at radius 2 is 1.33 bits per heavy atom. The molecule has 0 heterocycles. The minimum Gasteiger partial charge on any atom is -0.466 e. The topological polar surface area (TPSA) is 66.8 Å². The minimum absolute atomic E-state index is 0.0317. The van der Waals surface area contributed by atoms with Crippen LogP contribution in [0.25, 0.3) is 0 Å². The van der Waals surface area contributed by atoms with Gasteiger partial charge in [0.1, 0.15) is 6.29 Å². The third-order valence-electron chi connectivity index (χ3n) is 6.40. The predicted octanol–water partition coefficient (Wildman–Crippen LogP) is 6.70. The molecule has 0 amide bonds. The minimum atomic E-state index is -0.0317. The number of ether oxygens (including phenoxy) is 1. The summed E-state index contributed by atoms with van der Waals surface area (Å²) in [4.78, 5) is 24.8. The first-order valence-electron chi connectivity index (χ1n) is 14.1. The first-order chi connectivity index (χ1) is 16.1. The van der Waals surface area contributed by atoms with E-state index in [1.165, 1.54) is 57.8 Å². The Kier molecular flexibility index (Phi) is 24.9. The molecule has 1 atom stereocenters. The average Bonchev–Trinajstić information content (AvgIpc) is 2.81. The zero-order chi connectivity index (χ0) is 24.4. The number of hydrogen-bond donors (Lipinski definition) is 1. The van der Waals surface area contributed by atoms with E-state index in [2.05, 4.69) is 11.8 Å². The number of carbonyl (C=O) groups excluding carboxylic acids is 2. The summed E-state index contributed by atoms with van der Waals surface area (Å²) in [6.45, 7) is 7.88. The van der Waals surface area contributed by atoms with Crippen molar-refractivity contribution in [2.45, 2.75) is 129 Å². The van der Waals surface area contributed by atoms with E-state index in [9.17, 15) is 14.7 Å². The van der Waals surface area contributed by atoms with Crippen molar-refractivity contribution in [3.05, 3.63) is 0 Å². The third-order valence-corrected chi connectivity index (χ3v) is 6.40. The van der Waals surface area contributed by atoms with E-state index in [1.54, 1.807) is 0 Å². The fraction of sp³-hybridized carbons (Fsp3) is 0.929. The van der Waals surface area contributed by atoms with Crippen molar-refractivity contribution in [2.24, 2.45) is 5.92 Å². The van der Waals surface area contributed by atoms with Crippen molar-refractivity contribution in [1.29, 1.82) is 0 Å². The summed E-state index contributed by atoms with van der Waals surface area (Å²) in [6, 6.07) is 0. The summed E-state index contributed by atoms with van der Waals surface area (Å²) >= 11 is 0. The highest BCUT2D eigenvalue weighted by molar-refractivity contribution is 5.69. The molecule has 33 heavy (non-hydrogen) atoms. The highest BCUT2D eigenvalue weighted by Crippen LogP contribution is 2.11. The maximum absolute atomic E-state index is 11.8. The second-order valence-corrected chi connectivity index (χ2v) is 9.74. The van der Waals surface area contributed by atoms with Gasteiger partial charge >= 0.3 is 5.97 Å². The van der Waals surface area contributed by atoms with Gasteiger partial charge in [-0.1, -0.05) is 90.9 Å². The smallest absolute Gasteiger partial charge is 0.305 e. The Labute approximate surface area is 205 Å². The van der Waals surface area contributed by atoms with Gasteiger partial charge in [0.05, 0.1) is 13.2 Å². The normalized spacial score (nSPS) is 12.2. The SMILES string of the molecule is CCCCCCCCCOC(=O)CCCCCCCN(CCO)CCCCCCC(C)C=O. The van der Waals surface area contributed by atoms with Crippen molar-refractivity contribution in [3.63, 3.8) is 0 Å². The van der Waals surface area contributed by atoms with E-state index in [-0.39, 0.29) is 18.5 Å². The molecule has 5 nitrogen and oxygen atoms in total. The number of carbonyl (C=O) groups is 2. The van der Waals surface area contributed by atoms with Crippen molar-refractivity contribution in [2.75, 3.05) is 32.8 Å². The van der Waals surface area contributed by atoms with E-state index in [0.29, 0.717) is 13.0 Å². The molecule has 0 saturated carbocycles. The van der Waals surface area contributed by atoms with Crippen LogP contribution in [-0.2, 0) is 14.3 Å². The number of hydrogen-bond acceptors (Lipinski definition) is 5. The molecule has 0 aliphatic rings. The number of rotatable bonds is 26. The lowest BCUT2D eigenvalue weighted by molar-refractivity contribution is -0.143. The molecule has 1 N–H and O–H groups in total. The summed E-state index contributed by atoms with van der Waals surface area (Å²) in [6.07, 6.45) is 21.5. The summed E-state index contributed by atoms with van der Waals surface area (Å²) < 4.78 is 5.35. The van der Waals surface area contributed by atoms with E-state index in [1.807, 2.05) is 6.92 Å². The fourth-order valence-electron chi connectivity index (χ4n) is 4.15. The molecule has 0 fully saturated rings. The average molecular weight is 470 g/mol. The molecule has 5 heteroatoms. The highest BCUT2D eigenvalue weighted by atomic mass is 16.5. The monoisotopic (exact) mass is 469 g/mol. The number of aliphatic hydroxyl groups is 1. The zero-order valence-electron chi connectivity index (χ0n) is 22.0. The molecule has 0 saturated heterocycles. The van der Waals surface area contributed by atoms with Crippen LogP contribution >= 0.6 is 0 Å². The van der Waals surface area contributed by atoms with Crippen LogP contribution in [-0.4, -0.2) is 55.1 Å². The van der Waals surface area contributed by atoms with Crippen molar-refractivity contribution < 1.29 is 19.4 Å². The molecule has 0 bridgehead atoms. The van der Waals surface area contributed by atoms with Crippen LogP contribution in [0, 0.1) is 5.92 Å². The fourth-order valence-corrected chi connectivity index (χ4v) is 4.15. The quantitative estimate of drug-likeness (QED) is 0.0867. The Balaban J connectivity index is 3.52. The summed E-state index contributed by atoms with van der Waals surface area (Å²) in [7, 11) is 0. The predicted molar refractivity (Wildman–Crippen MR) is 138 cm³/mol. The largest absolute Gasteiger partial charge is 0.466 e. The Hall–Kier alpha value is -0.940. The van der Waals surface area contributed by atoms with Crippen LogP contribution < -0.4 is 0 Å². The number of nitrogens with zero attached hydrogens (tertiary/aromatic N) is 1. The Morgan fingerprint density at radius 1 is 0.788 bits per heavy atom. The standard InChI is InChI=1S/C28H55NO4/c1-3-4-5-6-7-13-18-25-33-28(32)20-15-9-8-11-16-21-29(23-24-30)22-17-12-10-14-19-27(2)26-31/h26-27,30H,3-25H2,1-2H3.